The zero-order valence-electron chi connectivity index (χ0n) is 13.2. The fourth-order valence-corrected chi connectivity index (χ4v) is 2.93. The number of likely N-dealkylation sites (tertiary alicyclic amines) is 1. The van der Waals surface area contributed by atoms with Crippen molar-refractivity contribution in [3.8, 4) is 5.69 Å². The molecule has 6 nitrogen and oxygen atoms in total. The summed E-state index contributed by atoms with van der Waals surface area (Å²) in [7, 11) is 0. The monoisotopic (exact) mass is 313 g/mol. The summed E-state index contributed by atoms with van der Waals surface area (Å²) in [6.07, 6.45) is 2.03. The van der Waals surface area contributed by atoms with Crippen molar-refractivity contribution in [2.24, 2.45) is 5.41 Å². The van der Waals surface area contributed by atoms with E-state index < -0.39 is 11.4 Å². The lowest BCUT2D eigenvalue weighted by Gasteiger charge is -2.20. The van der Waals surface area contributed by atoms with Gasteiger partial charge in [0.15, 0.2) is 0 Å². The molecule has 1 aromatic heterocycles. The number of rotatable bonds is 3. The molecule has 23 heavy (non-hydrogen) atoms. The van der Waals surface area contributed by atoms with E-state index in [1.165, 1.54) is 0 Å². The molecule has 1 aliphatic rings. The molecule has 3 rings (SSSR count). The molecular weight excluding hydrogens is 294 g/mol. The van der Waals surface area contributed by atoms with Crippen LogP contribution in [0.4, 0.5) is 0 Å². The Morgan fingerprint density at radius 2 is 1.96 bits per heavy atom. The lowest BCUT2D eigenvalue weighted by Crippen LogP contribution is -2.35. The second-order valence-corrected chi connectivity index (χ2v) is 6.23. The van der Waals surface area contributed by atoms with E-state index in [1.807, 2.05) is 37.3 Å². The Morgan fingerprint density at radius 1 is 1.26 bits per heavy atom. The summed E-state index contributed by atoms with van der Waals surface area (Å²) in [6, 6.07) is 9.59. The lowest BCUT2D eigenvalue weighted by atomic mass is 9.90. The van der Waals surface area contributed by atoms with Gasteiger partial charge in [0.2, 0.25) is 0 Å². The van der Waals surface area contributed by atoms with E-state index in [0.717, 1.165) is 11.4 Å². The molecule has 2 heterocycles. The Bertz CT molecular complexity index is 754. The maximum absolute atomic E-state index is 12.7. The quantitative estimate of drug-likeness (QED) is 0.942. The molecule has 1 aliphatic heterocycles. The van der Waals surface area contributed by atoms with Gasteiger partial charge in [0, 0.05) is 13.1 Å². The molecule has 0 saturated carbocycles. The smallest absolute Gasteiger partial charge is 0.311 e. The van der Waals surface area contributed by atoms with E-state index in [0.29, 0.717) is 18.5 Å². The SMILES string of the molecule is Cc1c(C(=O)N2CCC(C)(C(=O)O)C2)cnn1-c1ccccc1. The molecule has 1 amide bonds. The lowest BCUT2D eigenvalue weighted by molar-refractivity contribution is -0.147. The molecular formula is C17H19N3O3. The van der Waals surface area contributed by atoms with Crippen molar-refractivity contribution in [2.45, 2.75) is 20.3 Å². The normalized spacial score (nSPS) is 20.7. The Balaban J connectivity index is 1.85. The third kappa shape index (κ3) is 2.60. The van der Waals surface area contributed by atoms with Crippen LogP contribution in [-0.4, -0.2) is 44.8 Å². The summed E-state index contributed by atoms with van der Waals surface area (Å²) >= 11 is 0. The van der Waals surface area contributed by atoms with Crippen LogP contribution in [0, 0.1) is 12.3 Å². The topological polar surface area (TPSA) is 75.4 Å². The molecule has 0 aliphatic carbocycles. The number of carbonyl (C=O) groups is 2. The van der Waals surface area contributed by atoms with Crippen LogP contribution in [0.1, 0.15) is 29.4 Å². The fraction of sp³-hybridized carbons (Fsp3) is 0.353. The average molecular weight is 313 g/mol. The van der Waals surface area contributed by atoms with Gasteiger partial charge in [-0.2, -0.15) is 5.10 Å². The van der Waals surface area contributed by atoms with E-state index in [2.05, 4.69) is 5.10 Å². The third-order valence-electron chi connectivity index (χ3n) is 4.52. The number of carboxylic acid groups (broad SMARTS) is 1. The zero-order valence-corrected chi connectivity index (χ0v) is 13.2. The molecule has 1 N–H and O–H groups in total. The van der Waals surface area contributed by atoms with E-state index >= 15 is 0 Å². The molecule has 2 aromatic rings. The number of benzene rings is 1. The first-order valence-corrected chi connectivity index (χ1v) is 7.55. The largest absolute Gasteiger partial charge is 0.481 e. The van der Waals surface area contributed by atoms with Crippen LogP contribution in [0.15, 0.2) is 36.5 Å². The standard InChI is InChI=1S/C17H19N3O3/c1-12-14(10-18-20(12)13-6-4-3-5-7-13)15(21)19-9-8-17(2,11-19)16(22)23/h3-7,10H,8-9,11H2,1-2H3,(H,22,23). The van der Waals surface area contributed by atoms with Gasteiger partial charge in [-0.1, -0.05) is 18.2 Å². The highest BCUT2D eigenvalue weighted by Crippen LogP contribution is 2.31. The number of aliphatic carboxylic acids is 1. The van der Waals surface area contributed by atoms with Gasteiger partial charge in [-0.25, -0.2) is 4.68 Å². The second-order valence-electron chi connectivity index (χ2n) is 6.23. The van der Waals surface area contributed by atoms with Gasteiger partial charge < -0.3 is 10.0 Å². The summed E-state index contributed by atoms with van der Waals surface area (Å²) in [4.78, 5) is 25.6. The molecule has 0 radical (unpaired) electrons. The van der Waals surface area contributed by atoms with Crippen molar-refractivity contribution in [1.82, 2.24) is 14.7 Å². The van der Waals surface area contributed by atoms with Gasteiger partial charge in [-0.05, 0) is 32.4 Å². The summed E-state index contributed by atoms with van der Waals surface area (Å²) in [5.41, 5.74) is 1.30. The first-order valence-electron chi connectivity index (χ1n) is 7.55. The molecule has 120 valence electrons. The van der Waals surface area contributed by atoms with Crippen molar-refractivity contribution < 1.29 is 14.7 Å². The second kappa shape index (κ2) is 5.53. The first-order chi connectivity index (χ1) is 10.9. The Morgan fingerprint density at radius 3 is 2.57 bits per heavy atom. The number of para-hydroxylation sites is 1. The minimum Gasteiger partial charge on any atom is -0.481 e. The van der Waals surface area contributed by atoms with Crippen molar-refractivity contribution >= 4 is 11.9 Å². The Hall–Kier alpha value is -2.63. The maximum Gasteiger partial charge on any atom is 0.311 e. The van der Waals surface area contributed by atoms with Gasteiger partial charge in [0.1, 0.15) is 0 Å². The summed E-state index contributed by atoms with van der Waals surface area (Å²) in [6.45, 7) is 4.22. The van der Waals surface area contributed by atoms with E-state index in [-0.39, 0.29) is 12.5 Å². The van der Waals surface area contributed by atoms with E-state index in [4.69, 9.17) is 0 Å². The van der Waals surface area contributed by atoms with Gasteiger partial charge >= 0.3 is 5.97 Å². The van der Waals surface area contributed by atoms with E-state index in [1.54, 1.807) is 22.7 Å². The Labute approximate surface area is 134 Å². The van der Waals surface area contributed by atoms with Gasteiger partial charge in [-0.3, -0.25) is 9.59 Å². The zero-order chi connectivity index (χ0) is 16.6. The van der Waals surface area contributed by atoms with Crippen LogP contribution >= 0.6 is 0 Å². The molecule has 1 fully saturated rings. The van der Waals surface area contributed by atoms with Crippen molar-refractivity contribution in [3.63, 3.8) is 0 Å². The van der Waals surface area contributed by atoms with Crippen LogP contribution in [0.25, 0.3) is 5.69 Å². The number of nitrogens with zero attached hydrogens (tertiary/aromatic N) is 3. The maximum atomic E-state index is 12.7. The molecule has 1 unspecified atom stereocenters. The van der Waals surface area contributed by atoms with Crippen LogP contribution in [0.3, 0.4) is 0 Å². The minimum absolute atomic E-state index is 0.158. The number of aromatic nitrogens is 2. The Kier molecular flexibility index (Phi) is 3.67. The molecule has 0 bridgehead atoms. The molecule has 0 spiro atoms. The van der Waals surface area contributed by atoms with Crippen molar-refractivity contribution in [2.75, 3.05) is 13.1 Å². The number of hydrogen-bond acceptors (Lipinski definition) is 3. The number of hydrogen-bond donors (Lipinski definition) is 1. The number of carbonyl (C=O) groups excluding carboxylic acids is 1. The highest BCUT2D eigenvalue weighted by atomic mass is 16.4. The predicted octanol–water partition coefficient (Wildman–Crippen LogP) is 2.12. The molecule has 6 heteroatoms. The number of amides is 1. The van der Waals surface area contributed by atoms with Gasteiger partial charge in [-0.15, -0.1) is 0 Å². The highest BCUT2D eigenvalue weighted by molar-refractivity contribution is 5.96. The fourth-order valence-electron chi connectivity index (χ4n) is 2.93. The van der Waals surface area contributed by atoms with Crippen LogP contribution < -0.4 is 0 Å². The molecule has 1 saturated heterocycles. The molecule has 1 aromatic carbocycles. The van der Waals surface area contributed by atoms with Crippen LogP contribution in [0.2, 0.25) is 0 Å². The summed E-state index contributed by atoms with van der Waals surface area (Å²) in [5, 5.41) is 13.6. The first kappa shape index (κ1) is 15.3. The van der Waals surface area contributed by atoms with Gasteiger partial charge in [0.25, 0.3) is 5.91 Å². The third-order valence-corrected chi connectivity index (χ3v) is 4.52. The van der Waals surface area contributed by atoms with Crippen molar-refractivity contribution in [1.29, 1.82) is 0 Å². The highest BCUT2D eigenvalue weighted by Gasteiger charge is 2.42. The van der Waals surface area contributed by atoms with Crippen LogP contribution in [0.5, 0.6) is 0 Å². The molecule has 1 atom stereocenters. The average Bonchev–Trinajstić information content (AvgIpc) is 3.12. The number of carboxylic acids is 1. The minimum atomic E-state index is -0.862. The van der Waals surface area contributed by atoms with Crippen molar-refractivity contribution in [3.05, 3.63) is 47.8 Å². The summed E-state index contributed by atoms with van der Waals surface area (Å²) in [5.74, 6) is -1.01. The van der Waals surface area contributed by atoms with E-state index in [9.17, 15) is 14.7 Å². The van der Waals surface area contributed by atoms with Gasteiger partial charge in [0.05, 0.1) is 28.6 Å². The van der Waals surface area contributed by atoms with Crippen LogP contribution in [-0.2, 0) is 4.79 Å². The summed E-state index contributed by atoms with van der Waals surface area (Å²) < 4.78 is 1.72. The predicted molar refractivity (Wildman–Crippen MR) is 84.6 cm³/mol.